The van der Waals surface area contributed by atoms with Crippen LogP contribution in [0.2, 0.25) is 0 Å². The molecule has 0 heterocycles. The largest absolute Gasteiger partial charge is 0.282 e. The summed E-state index contributed by atoms with van der Waals surface area (Å²) >= 11 is 0. The van der Waals surface area contributed by atoms with Crippen molar-refractivity contribution in [1.82, 2.24) is 5.43 Å². The fourth-order valence-electron chi connectivity index (χ4n) is 2.67. The summed E-state index contributed by atoms with van der Waals surface area (Å²) in [6.45, 7) is 0. The van der Waals surface area contributed by atoms with E-state index in [9.17, 15) is 14.9 Å². The van der Waals surface area contributed by atoms with Gasteiger partial charge in [0.25, 0.3) is 11.6 Å². The Labute approximate surface area is 115 Å². The number of carbonyl (C=O) groups is 1. The van der Waals surface area contributed by atoms with E-state index in [1.807, 2.05) is 0 Å². The number of rotatable bonds is 3. The third-order valence-corrected chi connectivity index (χ3v) is 3.81. The molecule has 0 bridgehead atoms. The number of hydrazone groups is 1. The number of allylic oxidation sites excluding steroid dienone is 2. The first-order valence-electron chi connectivity index (χ1n) is 6.43. The zero-order chi connectivity index (χ0) is 14.1. The van der Waals surface area contributed by atoms with E-state index in [-0.39, 0.29) is 11.3 Å². The molecular formula is C14H13N3O3. The summed E-state index contributed by atoms with van der Waals surface area (Å²) in [6.07, 6.45) is 6.12. The number of nitro benzene ring substituents is 1. The number of fused-ring (bicyclic) bond motifs is 1. The maximum atomic E-state index is 12.0. The molecule has 0 spiro atoms. The molecule has 6 nitrogen and oxygen atoms in total. The van der Waals surface area contributed by atoms with Crippen LogP contribution in [0, 0.1) is 22.0 Å². The number of hydrogen-bond donors (Lipinski definition) is 1. The van der Waals surface area contributed by atoms with Gasteiger partial charge in [-0.3, -0.25) is 14.9 Å². The van der Waals surface area contributed by atoms with Crippen molar-refractivity contribution in [1.29, 1.82) is 0 Å². The normalized spacial score (nSPS) is 25.1. The predicted octanol–water partition coefficient (Wildman–Crippen LogP) is 2.28. The van der Waals surface area contributed by atoms with Crippen LogP contribution in [0.3, 0.4) is 0 Å². The van der Waals surface area contributed by atoms with Gasteiger partial charge in [-0.15, -0.1) is 0 Å². The number of carbonyl (C=O) groups excluding carboxylic acids is 1. The van der Waals surface area contributed by atoms with E-state index in [0.717, 1.165) is 18.6 Å². The van der Waals surface area contributed by atoms with Gasteiger partial charge in [0.2, 0.25) is 0 Å². The fourth-order valence-corrected chi connectivity index (χ4v) is 2.67. The lowest BCUT2D eigenvalue weighted by Crippen LogP contribution is -2.35. The Kier molecular flexibility index (Phi) is 3.06. The van der Waals surface area contributed by atoms with E-state index < -0.39 is 10.8 Å². The Balaban J connectivity index is 1.71. The van der Waals surface area contributed by atoms with Gasteiger partial charge in [-0.25, -0.2) is 5.43 Å². The summed E-state index contributed by atoms with van der Waals surface area (Å²) in [5.41, 5.74) is 3.21. The third kappa shape index (κ3) is 2.09. The Morgan fingerprint density at radius 3 is 2.95 bits per heavy atom. The molecule has 0 aromatic heterocycles. The summed E-state index contributed by atoms with van der Waals surface area (Å²) in [5.74, 6) is 0.414. The number of amides is 1. The first kappa shape index (κ1) is 12.5. The van der Waals surface area contributed by atoms with Crippen molar-refractivity contribution >= 4 is 17.3 Å². The summed E-state index contributed by atoms with van der Waals surface area (Å²) < 4.78 is 0. The molecule has 2 atom stereocenters. The number of nitrogens with zero attached hydrogens (tertiary/aromatic N) is 2. The molecule has 1 aromatic rings. The van der Waals surface area contributed by atoms with Crippen molar-refractivity contribution in [2.45, 2.75) is 12.8 Å². The van der Waals surface area contributed by atoms with E-state index in [0.29, 0.717) is 11.8 Å². The third-order valence-electron chi connectivity index (χ3n) is 3.81. The predicted molar refractivity (Wildman–Crippen MR) is 73.4 cm³/mol. The van der Waals surface area contributed by atoms with Crippen molar-refractivity contribution in [2.75, 3.05) is 0 Å². The average Bonchev–Trinajstić information content (AvgIpc) is 2.80. The SMILES string of the molecule is O=C(N/N=C1/CC2C=CCC12)c1ccccc1[N+](=O)[O-]. The smallest absolute Gasteiger partial charge is 0.267 e. The second kappa shape index (κ2) is 4.88. The highest BCUT2D eigenvalue weighted by molar-refractivity contribution is 6.00. The second-order valence-electron chi connectivity index (χ2n) is 4.96. The van der Waals surface area contributed by atoms with E-state index in [4.69, 9.17) is 0 Å². The van der Waals surface area contributed by atoms with Crippen LogP contribution in [-0.2, 0) is 0 Å². The summed E-state index contributed by atoms with van der Waals surface area (Å²) in [5, 5.41) is 15.0. The highest BCUT2D eigenvalue weighted by Crippen LogP contribution is 2.40. The zero-order valence-electron chi connectivity index (χ0n) is 10.7. The molecule has 0 radical (unpaired) electrons. The molecule has 2 aliphatic rings. The molecule has 1 saturated carbocycles. The van der Waals surface area contributed by atoms with Crippen LogP contribution in [-0.4, -0.2) is 16.5 Å². The minimum atomic E-state index is -0.567. The van der Waals surface area contributed by atoms with Gasteiger partial charge in [0.15, 0.2) is 0 Å². The van der Waals surface area contributed by atoms with E-state index in [1.54, 1.807) is 6.07 Å². The molecule has 1 amide bonds. The van der Waals surface area contributed by atoms with Crippen LogP contribution >= 0.6 is 0 Å². The number of para-hydroxylation sites is 1. The molecule has 1 fully saturated rings. The molecule has 6 heteroatoms. The van der Waals surface area contributed by atoms with Crippen LogP contribution in [0.15, 0.2) is 41.5 Å². The lowest BCUT2D eigenvalue weighted by atomic mass is 9.74. The molecule has 3 rings (SSSR count). The molecule has 2 aliphatic carbocycles. The molecule has 20 heavy (non-hydrogen) atoms. The van der Waals surface area contributed by atoms with Crippen LogP contribution in [0.1, 0.15) is 23.2 Å². The second-order valence-corrected chi connectivity index (χ2v) is 4.96. The van der Waals surface area contributed by atoms with Crippen LogP contribution < -0.4 is 5.43 Å². The van der Waals surface area contributed by atoms with Crippen molar-refractivity contribution < 1.29 is 9.72 Å². The Morgan fingerprint density at radius 2 is 2.20 bits per heavy atom. The lowest BCUT2D eigenvalue weighted by Gasteiger charge is -2.31. The molecule has 1 N–H and O–H groups in total. The molecule has 2 unspecified atom stereocenters. The minimum Gasteiger partial charge on any atom is -0.267 e. The standard InChI is InChI=1S/C14H13N3O3/c18-14(11-5-1-2-7-13(11)17(19)20)16-15-12-8-9-4-3-6-10(9)12/h1-5,7,9-10H,6,8H2,(H,16,18)/b15-12-. The summed E-state index contributed by atoms with van der Waals surface area (Å²) in [4.78, 5) is 22.3. The van der Waals surface area contributed by atoms with Crippen LogP contribution in [0.25, 0.3) is 0 Å². The van der Waals surface area contributed by atoms with Crippen molar-refractivity contribution in [3.63, 3.8) is 0 Å². The topological polar surface area (TPSA) is 84.6 Å². The Morgan fingerprint density at radius 1 is 1.40 bits per heavy atom. The van der Waals surface area contributed by atoms with Crippen molar-refractivity contribution in [3.8, 4) is 0 Å². The molecular weight excluding hydrogens is 258 g/mol. The minimum absolute atomic E-state index is 0.0299. The highest BCUT2D eigenvalue weighted by Gasteiger charge is 2.38. The number of nitro groups is 1. The van der Waals surface area contributed by atoms with Gasteiger partial charge in [0.05, 0.1) is 4.92 Å². The number of hydrogen-bond acceptors (Lipinski definition) is 4. The maximum Gasteiger partial charge on any atom is 0.282 e. The maximum absolute atomic E-state index is 12.0. The van der Waals surface area contributed by atoms with Gasteiger partial charge in [-0.2, -0.15) is 5.10 Å². The van der Waals surface area contributed by atoms with Gasteiger partial charge in [0.1, 0.15) is 5.56 Å². The van der Waals surface area contributed by atoms with Gasteiger partial charge in [-0.05, 0) is 24.8 Å². The zero-order valence-corrected chi connectivity index (χ0v) is 10.7. The quantitative estimate of drug-likeness (QED) is 0.520. The summed E-state index contributed by atoms with van der Waals surface area (Å²) in [7, 11) is 0. The van der Waals surface area contributed by atoms with Gasteiger partial charge in [-0.1, -0.05) is 24.3 Å². The molecule has 1 aromatic carbocycles. The van der Waals surface area contributed by atoms with Crippen LogP contribution in [0.5, 0.6) is 0 Å². The average molecular weight is 271 g/mol. The Bertz CT molecular complexity index is 636. The van der Waals surface area contributed by atoms with Gasteiger partial charge in [0, 0.05) is 17.7 Å². The van der Waals surface area contributed by atoms with Crippen LogP contribution in [0.4, 0.5) is 5.69 Å². The van der Waals surface area contributed by atoms with Crippen molar-refractivity contribution in [3.05, 3.63) is 52.1 Å². The van der Waals surface area contributed by atoms with Gasteiger partial charge >= 0.3 is 0 Å². The molecule has 0 saturated heterocycles. The lowest BCUT2D eigenvalue weighted by molar-refractivity contribution is -0.385. The monoisotopic (exact) mass is 271 g/mol. The number of benzene rings is 1. The Hall–Kier alpha value is -2.50. The summed E-state index contributed by atoms with van der Waals surface area (Å²) in [6, 6.07) is 5.85. The molecule has 0 aliphatic heterocycles. The van der Waals surface area contributed by atoms with Gasteiger partial charge < -0.3 is 0 Å². The van der Waals surface area contributed by atoms with Crippen molar-refractivity contribution in [2.24, 2.45) is 16.9 Å². The number of nitrogens with one attached hydrogen (secondary N) is 1. The highest BCUT2D eigenvalue weighted by atomic mass is 16.6. The van der Waals surface area contributed by atoms with E-state index >= 15 is 0 Å². The van der Waals surface area contributed by atoms with E-state index in [2.05, 4.69) is 22.7 Å². The first-order chi connectivity index (χ1) is 9.66. The fraction of sp³-hybridized carbons (Fsp3) is 0.286. The van der Waals surface area contributed by atoms with E-state index in [1.165, 1.54) is 18.2 Å². The first-order valence-corrected chi connectivity index (χ1v) is 6.43. The molecule has 102 valence electrons.